The number of rotatable bonds is 7. The minimum atomic E-state index is 0.761. The molecule has 0 radical (unpaired) electrons. The van der Waals surface area contributed by atoms with Gasteiger partial charge in [-0.25, -0.2) is 0 Å². The summed E-state index contributed by atoms with van der Waals surface area (Å²) in [5, 5.41) is 0. The Morgan fingerprint density at radius 2 is 1.92 bits per heavy atom. The van der Waals surface area contributed by atoms with Crippen molar-refractivity contribution >= 4 is 0 Å². The van der Waals surface area contributed by atoms with E-state index in [2.05, 4.69) is 32.2 Å². The second-order valence-electron chi connectivity index (χ2n) is 3.06. The molecule has 0 fully saturated rings. The molecule has 0 saturated carbocycles. The Balaban J connectivity index is 3.67. The van der Waals surface area contributed by atoms with Gasteiger partial charge in [0.25, 0.3) is 0 Å². The molecule has 68 valence electrons. The summed E-state index contributed by atoms with van der Waals surface area (Å²) >= 11 is 0. The smallest absolute Gasteiger partial charge is 0.0319 e. The molecule has 0 aromatic heterocycles. The Morgan fingerprint density at radius 3 is 2.42 bits per heavy atom. The Kier molecular flexibility index (Phi) is 7.78. The van der Waals surface area contributed by atoms with Crippen LogP contribution >= 0.6 is 0 Å². The predicted octanol–water partition coefficient (Wildman–Crippen LogP) is 4.11. The zero-order valence-corrected chi connectivity index (χ0v) is 8.13. The van der Waals surface area contributed by atoms with E-state index in [1.54, 1.807) is 0 Å². The highest BCUT2D eigenvalue weighted by molar-refractivity contribution is 4.84. The van der Waals surface area contributed by atoms with E-state index >= 15 is 0 Å². The lowest BCUT2D eigenvalue weighted by Gasteiger charge is -2.10. The van der Waals surface area contributed by atoms with Crippen LogP contribution in [0.4, 0.5) is 0 Å². The predicted molar refractivity (Wildman–Crippen MR) is 57.2 cm³/mol. The van der Waals surface area contributed by atoms with Crippen molar-refractivity contribution in [3.8, 4) is 0 Å². The molecule has 0 heterocycles. The third-order valence-electron chi connectivity index (χ3n) is 1.98. The molecule has 12 heavy (non-hydrogen) atoms. The lowest BCUT2D eigenvalue weighted by molar-refractivity contribution is 0.503. The van der Waals surface area contributed by atoms with Crippen LogP contribution in [-0.4, -0.2) is 0 Å². The third-order valence-corrected chi connectivity index (χ3v) is 1.98. The average Bonchev–Trinajstić information content (AvgIpc) is 2.10. The van der Waals surface area contributed by atoms with Gasteiger partial charge in [0.15, 0.2) is 0 Å². The highest BCUT2D eigenvalue weighted by atomic mass is 14.1. The third kappa shape index (κ3) is 5.96. The van der Waals surface area contributed by atoms with E-state index in [0.717, 1.165) is 18.8 Å². The summed E-state index contributed by atoms with van der Waals surface area (Å²) in [4.78, 5) is 0. The van der Waals surface area contributed by atoms with Gasteiger partial charge in [-0.2, -0.15) is 0 Å². The molecular weight excluding hydrogens is 144 g/mol. The fourth-order valence-corrected chi connectivity index (χ4v) is 1.25. The van der Waals surface area contributed by atoms with Crippen LogP contribution in [0.25, 0.3) is 0 Å². The van der Waals surface area contributed by atoms with Crippen molar-refractivity contribution in [1.29, 1.82) is 0 Å². The van der Waals surface area contributed by atoms with E-state index in [1.807, 2.05) is 12.2 Å². The van der Waals surface area contributed by atoms with Gasteiger partial charge < -0.3 is 0 Å². The van der Waals surface area contributed by atoms with Gasteiger partial charge in [-0.05, 0) is 38.5 Å². The first-order valence-corrected chi connectivity index (χ1v) is 4.68. The van der Waals surface area contributed by atoms with Crippen LogP contribution in [0.15, 0.2) is 37.5 Å². The molecule has 1 atom stereocenters. The van der Waals surface area contributed by atoms with Gasteiger partial charge in [0.05, 0.1) is 0 Å². The molecule has 0 spiro atoms. The van der Waals surface area contributed by atoms with E-state index in [-0.39, 0.29) is 0 Å². The molecule has 0 saturated heterocycles. The van der Waals surface area contributed by atoms with Crippen LogP contribution in [0.5, 0.6) is 0 Å². The second kappa shape index (κ2) is 8.32. The second-order valence-corrected chi connectivity index (χ2v) is 3.06. The Bertz CT molecular complexity index is 142. The van der Waals surface area contributed by atoms with Gasteiger partial charge in [0, 0.05) is 0 Å². The molecule has 0 nitrogen and oxygen atoms in total. The van der Waals surface area contributed by atoms with Gasteiger partial charge in [-0.3, -0.25) is 0 Å². The normalized spacial score (nSPS) is 13.1. The largest absolute Gasteiger partial charge is 0.103 e. The molecule has 0 rings (SSSR count). The highest BCUT2D eigenvalue weighted by Gasteiger charge is 2.02. The van der Waals surface area contributed by atoms with Crippen molar-refractivity contribution in [2.24, 2.45) is 5.92 Å². The standard InChI is InChI=1S/C12H20/c1-4-7-10-12(9-6-3)11-8-5-2/h4-6,8,12H,1,3,7,9-11H2,2H3. The lowest BCUT2D eigenvalue weighted by atomic mass is 9.96. The molecule has 0 aliphatic carbocycles. The van der Waals surface area contributed by atoms with Crippen molar-refractivity contribution in [3.63, 3.8) is 0 Å². The molecule has 0 N–H and O–H groups in total. The van der Waals surface area contributed by atoms with Gasteiger partial charge in [-0.1, -0.05) is 24.3 Å². The van der Waals surface area contributed by atoms with Crippen molar-refractivity contribution in [3.05, 3.63) is 37.5 Å². The zero-order valence-electron chi connectivity index (χ0n) is 8.13. The van der Waals surface area contributed by atoms with Crippen LogP contribution in [-0.2, 0) is 0 Å². The molecule has 0 bridgehead atoms. The lowest BCUT2D eigenvalue weighted by Crippen LogP contribution is -1.96. The SMILES string of the molecule is C=CCCC(CC=C)CC=CC. The van der Waals surface area contributed by atoms with E-state index in [0.29, 0.717) is 0 Å². The molecule has 0 heteroatoms. The van der Waals surface area contributed by atoms with Crippen molar-refractivity contribution < 1.29 is 0 Å². The number of hydrogen-bond donors (Lipinski definition) is 0. The van der Waals surface area contributed by atoms with Crippen LogP contribution in [0, 0.1) is 5.92 Å². The highest BCUT2D eigenvalue weighted by Crippen LogP contribution is 2.16. The maximum absolute atomic E-state index is 3.77. The quantitative estimate of drug-likeness (QED) is 0.497. The van der Waals surface area contributed by atoms with E-state index < -0.39 is 0 Å². The van der Waals surface area contributed by atoms with E-state index in [9.17, 15) is 0 Å². The first-order chi connectivity index (χ1) is 5.85. The summed E-state index contributed by atoms with van der Waals surface area (Å²) in [5.74, 6) is 0.761. The Hall–Kier alpha value is -0.780. The van der Waals surface area contributed by atoms with Crippen LogP contribution in [0.2, 0.25) is 0 Å². The van der Waals surface area contributed by atoms with Crippen LogP contribution < -0.4 is 0 Å². The maximum atomic E-state index is 3.77. The summed E-state index contributed by atoms with van der Waals surface area (Å²) in [6, 6.07) is 0. The zero-order chi connectivity index (χ0) is 9.23. The fraction of sp³-hybridized carbons (Fsp3) is 0.500. The molecule has 0 aromatic rings. The summed E-state index contributed by atoms with van der Waals surface area (Å²) < 4.78 is 0. The van der Waals surface area contributed by atoms with Gasteiger partial charge >= 0.3 is 0 Å². The van der Waals surface area contributed by atoms with Crippen molar-refractivity contribution in [1.82, 2.24) is 0 Å². The van der Waals surface area contributed by atoms with Crippen molar-refractivity contribution in [2.45, 2.75) is 32.6 Å². The number of allylic oxidation sites excluding steroid dienone is 4. The maximum Gasteiger partial charge on any atom is -0.0319 e. The van der Waals surface area contributed by atoms with Crippen LogP contribution in [0.1, 0.15) is 32.6 Å². The molecule has 0 amide bonds. The Morgan fingerprint density at radius 1 is 1.17 bits per heavy atom. The summed E-state index contributed by atoms with van der Waals surface area (Å²) in [6.07, 6.45) is 13.0. The fourth-order valence-electron chi connectivity index (χ4n) is 1.25. The first kappa shape index (κ1) is 11.2. The molecule has 0 aliphatic rings. The minimum Gasteiger partial charge on any atom is -0.103 e. The first-order valence-electron chi connectivity index (χ1n) is 4.68. The monoisotopic (exact) mass is 164 g/mol. The average molecular weight is 164 g/mol. The number of hydrogen-bond acceptors (Lipinski definition) is 0. The van der Waals surface area contributed by atoms with E-state index in [4.69, 9.17) is 0 Å². The summed E-state index contributed by atoms with van der Waals surface area (Å²) in [6.45, 7) is 9.56. The van der Waals surface area contributed by atoms with Crippen molar-refractivity contribution in [2.75, 3.05) is 0 Å². The Labute approximate surface area is 76.7 Å². The van der Waals surface area contributed by atoms with E-state index in [1.165, 1.54) is 12.8 Å². The van der Waals surface area contributed by atoms with Crippen LogP contribution in [0.3, 0.4) is 0 Å². The van der Waals surface area contributed by atoms with Gasteiger partial charge in [-0.15, -0.1) is 13.2 Å². The summed E-state index contributed by atoms with van der Waals surface area (Å²) in [7, 11) is 0. The topological polar surface area (TPSA) is 0 Å². The minimum absolute atomic E-state index is 0.761. The van der Waals surface area contributed by atoms with Gasteiger partial charge in [0.1, 0.15) is 0 Å². The summed E-state index contributed by atoms with van der Waals surface area (Å²) in [5.41, 5.74) is 0. The molecular formula is C12H20. The molecule has 1 unspecified atom stereocenters. The molecule has 0 aliphatic heterocycles. The van der Waals surface area contributed by atoms with Gasteiger partial charge in [0.2, 0.25) is 0 Å². The molecule has 0 aromatic carbocycles.